The predicted octanol–water partition coefficient (Wildman–Crippen LogP) is 3.79. The average molecular weight is 329 g/mol. The van der Waals surface area contributed by atoms with Crippen LogP contribution in [0.1, 0.15) is 40.9 Å². The van der Waals surface area contributed by atoms with Crippen molar-refractivity contribution in [2.75, 3.05) is 6.26 Å². The Hall–Kier alpha value is -1.78. The van der Waals surface area contributed by atoms with E-state index in [4.69, 9.17) is 0 Å². The molecule has 0 saturated carbocycles. The van der Waals surface area contributed by atoms with Crippen molar-refractivity contribution in [2.24, 2.45) is 0 Å². The molecule has 4 heteroatoms. The van der Waals surface area contributed by atoms with Gasteiger partial charge in [-0.25, -0.2) is 0 Å². The molecule has 0 aliphatic carbocycles. The molecular formula is C19H23NO2S. The highest BCUT2D eigenvalue weighted by Crippen LogP contribution is 2.18. The van der Waals surface area contributed by atoms with Crippen molar-refractivity contribution in [3.63, 3.8) is 0 Å². The van der Waals surface area contributed by atoms with Crippen LogP contribution in [0, 0.1) is 0 Å². The van der Waals surface area contributed by atoms with Crippen LogP contribution < -0.4 is 5.32 Å². The van der Waals surface area contributed by atoms with Crippen molar-refractivity contribution in [3.8, 4) is 0 Å². The largest absolute Gasteiger partial charge is 0.388 e. The topological polar surface area (TPSA) is 49.3 Å². The van der Waals surface area contributed by atoms with Crippen LogP contribution in [0.4, 0.5) is 0 Å². The minimum absolute atomic E-state index is 0.103. The van der Waals surface area contributed by atoms with Gasteiger partial charge in [-0.05, 0) is 42.9 Å². The normalized spacial score (nSPS) is 13.3. The minimum Gasteiger partial charge on any atom is -0.388 e. The number of amides is 1. The smallest absolute Gasteiger partial charge is 0.251 e. The molecule has 0 spiro atoms. The summed E-state index contributed by atoms with van der Waals surface area (Å²) < 4.78 is 0. The van der Waals surface area contributed by atoms with Gasteiger partial charge in [0.1, 0.15) is 0 Å². The molecule has 0 aliphatic heterocycles. The molecule has 23 heavy (non-hydrogen) atoms. The molecular weight excluding hydrogens is 306 g/mol. The summed E-state index contributed by atoms with van der Waals surface area (Å²) in [6, 6.07) is 17.1. The Kier molecular flexibility index (Phi) is 6.68. The Morgan fingerprint density at radius 2 is 1.78 bits per heavy atom. The minimum atomic E-state index is -0.574. The molecule has 0 fully saturated rings. The molecule has 1 amide bonds. The lowest BCUT2D eigenvalue weighted by molar-refractivity contribution is 0.0917. The molecule has 2 N–H and O–H groups in total. The van der Waals surface area contributed by atoms with Gasteiger partial charge in [0.15, 0.2) is 0 Å². The van der Waals surface area contributed by atoms with Crippen LogP contribution in [0.3, 0.4) is 0 Å². The number of carbonyl (C=O) groups is 1. The van der Waals surface area contributed by atoms with Gasteiger partial charge in [0.05, 0.1) is 6.10 Å². The van der Waals surface area contributed by atoms with Crippen LogP contribution in [0.2, 0.25) is 0 Å². The molecule has 0 saturated heterocycles. The van der Waals surface area contributed by atoms with E-state index in [1.54, 1.807) is 11.8 Å². The van der Waals surface area contributed by atoms with E-state index in [-0.39, 0.29) is 11.9 Å². The average Bonchev–Trinajstić information content (AvgIpc) is 2.56. The molecule has 2 unspecified atom stereocenters. The Morgan fingerprint density at radius 1 is 1.13 bits per heavy atom. The number of aliphatic hydroxyl groups is 1. The van der Waals surface area contributed by atoms with Crippen LogP contribution in [0.15, 0.2) is 54.6 Å². The summed E-state index contributed by atoms with van der Waals surface area (Å²) in [5.41, 5.74) is 2.73. The first kappa shape index (κ1) is 17.6. The maximum atomic E-state index is 12.2. The lowest BCUT2D eigenvalue weighted by Gasteiger charge is -2.18. The van der Waals surface area contributed by atoms with Gasteiger partial charge in [-0.3, -0.25) is 4.79 Å². The van der Waals surface area contributed by atoms with E-state index in [9.17, 15) is 9.90 Å². The molecule has 0 heterocycles. The Balaban J connectivity index is 1.89. The maximum Gasteiger partial charge on any atom is 0.251 e. The van der Waals surface area contributed by atoms with E-state index in [1.807, 2.05) is 61.5 Å². The van der Waals surface area contributed by atoms with Crippen molar-refractivity contribution in [2.45, 2.75) is 31.2 Å². The number of hydrogen-bond donors (Lipinski definition) is 2. The standard InChI is InChI=1S/C19H23NO2S/c1-14(12-18(21)16-6-4-3-5-7-16)20-19(22)17-10-8-15(9-11-17)13-23-2/h3-11,14,18,21H,12-13H2,1-2H3,(H,20,22). The van der Waals surface area contributed by atoms with Crippen LogP contribution in [-0.4, -0.2) is 23.3 Å². The third-order valence-electron chi connectivity index (χ3n) is 3.67. The van der Waals surface area contributed by atoms with Crippen LogP contribution >= 0.6 is 11.8 Å². The zero-order valence-corrected chi connectivity index (χ0v) is 14.3. The Labute approximate surface area is 142 Å². The van der Waals surface area contributed by atoms with Crippen LogP contribution in [0.25, 0.3) is 0 Å². The summed E-state index contributed by atoms with van der Waals surface area (Å²) in [4.78, 5) is 12.2. The first-order chi connectivity index (χ1) is 11.1. The van der Waals surface area contributed by atoms with Crippen molar-refractivity contribution in [3.05, 3.63) is 71.3 Å². The molecule has 2 atom stereocenters. The van der Waals surface area contributed by atoms with Crippen molar-refractivity contribution in [1.82, 2.24) is 5.32 Å². The van der Waals surface area contributed by atoms with Gasteiger partial charge in [-0.2, -0.15) is 11.8 Å². The summed E-state index contributed by atoms with van der Waals surface area (Å²) in [5.74, 6) is 0.843. The fourth-order valence-corrected chi connectivity index (χ4v) is 2.96. The number of nitrogens with one attached hydrogen (secondary N) is 1. The van der Waals surface area contributed by atoms with E-state index >= 15 is 0 Å². The second-order valence-corrected chi connectivity index (χ2v) is 6.53. The second kappa shape index (κ2) is 8.75. The highest BCUT2D eigenvalue weighted by molar-refractivity contribution is 7.97. The molecule has 2 aromatic carbocycles. The third-order valence-corrected chi connectivity index (χ3v) is 4.29. The highest BCUT2D eigenvalue weighted by atomic mass is 32.2. The first-order valence-electron chi connectivity index (χ1n) is 7.72. The molecule has 0 aromatic heterocycles. The number of benzene rings is 2. The summed E-state index contributed by atoms with van der Waals surface area (Å²) in [5, 5.41) is 13.2. The van der Waals surface area contributed by atoms with Crippen molar-refractivity contribution >= 4 is 17.7 Å². The summed E-state index contributed by atoms with van der Waals surface area (Å²) >= 11 is 1.76. The number of thioether (sulfide) groups is 1. The summed E-state index contributed by atoms with van der Waals surface area (Å²) in [6.07, 6.45) is 1.97. The van der Waals surface area contributed by atoms with Crippen molar-refractivity contribution in [1.29, 1.82) is 0 Å². The maximum absolute atomic E-state index is 12.2. The lowest BCUT2D eigenvalue weighted by Crippen LogP contribution is -2.33. The number of aliphatic hydroxyl groups excluding tert-OH is 1. The molecule has 122 valence electrons. The molecule has 0 radical (unpaired) electrons. The van der Waals surface area contributed by atoms with Gasteiger partial charge in [0, 0.05) is 17.4 Å². The number of carbonyl (C=O) groups excluding carboxylic acids is 1. The Bertz CT molecular complexity index is 613. The summed E-state index contributed by atoms with van der Waals surface area (Å²) in [6.45, 7) is 1.91. The molecule has 2 aromatic rings. The van der Waals surface area contributed by atoms with Crippen LogP contribution in [0.5, 0.6) is 0 Å². The first-order valence-corrected chi connectivity index (χ1v) is 9.11. The van der Waals surface area contributed by atoms with Gasteiger partial charge in [-0.1, -0.05) is 42.5 Å². The second-order valence-electron chi connectivity index (χ2n) is 5.67. The monoisotopic (exact) mass is 329 g/mol. The number of rotatable bonds is 7. The fraction of sp³-hybridized carbons (Fsp3) is 0.316. The predicted molar refractivity (Wildman–Crippen MR) is 96.6 cm³/mol. The van der Waals surface area contributed by atoms with Gasteiger partial charge < -0.3 is 10.4 Å². The van der Waals surface area contributed by atoms with Gasteiger partial charge in [0.25, 0.3) is 5.91 Å². The molecule has 0 aliphatic rings. The molecule has 0 bridgehead atoms. The SMILES string of the molecule is CSCc1ccc(C(=O)NC(C)CC(O)c2ccccc2)cc1. The van der Waals surface area contributed by atoms with E-state index < -0.39 is 6.10 Å². The van der Waals surface area contributed by atoms with Gasteiger partial charge in [-0.15, -0.1) is 0 Å². The highest BCUT2D eigenvalue weighted by Gasteiger charge is 2.15. The zero-order chi connectivity index (χ0) is 16.7. The van der Waals surface area contributed by atoms with E-state index in [2.05, 4.69) is 11.6 Å². The lowest BCUT2D eigenvalue weighted by atomic mass is 10.0. The third kappa shape index (κ3) is 5.41. The number of hydrogen-bond acceptors (Lipinski definition) is 3. The Morgan fingerprint density at radius 3 is 2.39 bits per heavy atom. The van der Waals surface area contributed by atoms with Crippen LogP contribution in [-0.2, 0) is 5.75 Å². The quantitative estimate of drug-likeness (QED) is 0.812. The van der Waals surface area contributed by atoms with E-state index in [0.717, 1.165) is 11.3 Å². The van der Waals surface area contributed by atoms with Gasteiger partial charge >= 0.3 is 0 Å². The van der Waals surface area contributed by atoms with E-state index in [0.29, 0.717) is 12.0 Å². The van der Waals surface area contributed by atoms with Crippen molar-refractivity contribution < 1.29 is 9.90 Å². The summed E-state index contributed by atoms with van der Waals surface area (Å²) in [7, 11) is 0. The molecule has 3 nitrogen and oxygen atoms in total. The van der Waals surface area contributed by atoms with Gasteiger partial charge in [0.2, 0.25) is 0 Å². The van der Waals surface area contributed by atoms with E-state index in [1.165, 1.54) is 5.56 Å². The zero-order valence-electron chi connectivity index (χ0n) is 13.5. The fourth-order valence-electron chi connectivity index (χ4n) is 2.43. The molecule has 2 rings (SSSR count).